The monoisotopic (exact) mass is 531 g/mol. The number of hydrogen-bond donors (Lipinski definition) is 0. The number of carbonyl (C=O) groups excluding carboxylic acids is 3. The standard InChI is InChI=1S/C28H19BrClNO3/c1-15(32)25-24(16-6-9-18(29)10-7-16)28(26(33)20-4-2-3-5-21(20)27(28)34)23-13-8-17-14-19(30)11-12-22(17)31(23)25/h2-14,23-25H,1H3/t23?,24-,25-/m0/s1. The third-order valence-corrected chi connectivity index (χ3v) is 8.18. The molecule has 1 saturated heterocycles. The molecule has 0 saturated carbocycles. The van der Waals surface area contributed by atoms with Crippen LogP contribution in [0.3, 0.4) is 0 Å². The van der Waals surface area contributed by atoms with Gasteiger partial charge in [0, 0.05) is 32.2 Å². The minimum Gasteiger partial charge on any atom is -0.352 e. The van der Waals surface area contributed by atoms with Gasteiger partial charge in [-0.2, -0.15) is 0 Å². The van der Waals surface area contributed by atoms with Crippen molar-refractivity contribution in [3.8, 4) is 0 Å². The van der Waals surface area contributed by atoms with Crippen LogP contribution in [0.2, 0.25) is 5.02 Å². The third-order valence-electron chi connectivity index (χ3n) is 7.41. The van der Waals surface area contributed by atoms with Gasteiger partial charge < -0.3 is 4.90 Å². The molecule has 1 spiro atoms. The molecule has 0 radical (unpaired) electrons. The number of fused-ring (bicyclic) bond motifs is 5. The summed E-state index contributed by atoms with van der Waals surface area (Å²) >= 11 is 9.73. The first-order valence-corrected chi connectivity index (χ1v) is 12.2. The molecule has 2 heterocycles. The van der Waals surface area contributed by atoms with Crippen LogP contribution in [0.4, 0.5) is 5.69 Å². The van der Waals surface area contributed by atoms with E-state index in [1.807, 2.05) is 53.5 Å². The molecule has 168 valence electrons. The molecular formula is C28H19BrClNO3. The molecule has 6 rings (SSSR count). The Bertz CT molecular complexity index is 1390. The van der Waals surface area contributed by atoms with Crippen LogP contribution >= 0.6 is 27.5 Å². The smallest absolute Gasteiger partial charge is 0.180 e. The van der Waals surface area contributed by atoms with Crippen LogP contribution in [0.5, 0.6) is 0 Å². The topological polar surface area (TPSA) is 54.5 Å². The van der Waals surface area contributed by atoms with Crippen molar-refractivity contribution in [3.05, 3.63) is 105 Å². The van der Waals surface area contributed by atoms with Gasteiger partial charge in [-0.05, 0) is 48.4 Å². The number of nitrogens with zero attached hydrogens (tertiary/aromatic N) is 1. The quantitative estimate of drug-likeness (QED) is 0.373. The molecule has 1 unspecified atom stereocenters. The summed E-state index contributed by atoms with van der Waals surface area (Å²) in [5.74, 6) is -1.19. The maximum Gasteiger partial charge on any atom is 0.180 e. The Morgan fingerprint density at radius 3 is 2.24 bits per heavy atom. The summed E-state index contributed by atoms with van der Waals surface area (Å²) in [5, 5.41) is 0.583. The lowest BCUT2D eigenvalue weighted by Crippen LogP contribution is -2.48. The van der Waals surface area contributed by atoms with E-state index in [9.17, 15) is 14.4 Å². The number of halogens is 2. The van der Waals surface area contributed by atoms with Gasteiger partial charge in [-0.1, -0.05) is 76.1 Å². The van der Waals surface area contributed by atoms with Gasteiger partial charge in [0.15, 0.2) is 17.3 Å². The number of anilines is 1. The van der Waals surface area contributed by atoms with E-state index in [1.54, 1.807) is 30.3 Å². The summed E-state index contributed by atoms with van der Waals surface area (Å²) < 4.78 is 0.882. The SMILES string of the molecule is CC(=O)[C@H]1[C@H](c2ccc(Br)cc2)C2(C(=O)c3ccccc3C2=O)C2C=Cc3cc(Cl)ccc3N21. The van der Waals surface area contributed by atoms with Crippen molar-refractivity contribution in [2.75, 3.05) is 4.90 Å². The van der Waals surface area contributed by atoms with Gasteiger partial charge in [-0.15, -0.1) is 0 Å². The van der Waals surface area contributed by atoms with Crippen LogP contribution in [0.1, 0.15) is 44.7 Å². The van der Waals surface area contributed by atoms with Crippen LogP contribution in [0.15, 0.2) is 77.3 Å². The highest BCUT2D eigenvalue weighted by atomic mass is 79.9. The van der Waals surface area contributed by atoms with E-state index < -0.39 is 23.4 Å². The maximum absolute atomic E-state index is 14.2. The van der Waals surface area contributed by atoms with Crippen LogP contribution in [-0.4, -0.2) is 29.4 Å². The summed E-state index contributed by atoms with van der Waals surface area (Å²) in [6.07, 6.45) is 3.81. The van der Waals surface area contributed by atoms with Crippen LogP contribution in [0, 0.1) is 5.41 Å². The summed E-state index contributed by atoms with van der Waals surface area (Å²) in [6.45, 7) is 1.54. The fraction of sp³-hybridized carbons (Fsp3) is 0.179. The lowest BCUT2D eigenvalue weighted by molar-refractivity contribution is -0.118. The first kappa shape index (κ1) is 21.5. The molecule has 34 heavy (non-hydrogen) atoms. The van der Waals surface area contributed by atoms with E-state index in [0.717, 1.165) is 21.3 Å². The first-order valence-electron chi connectivity index (χ1n) is 11.1. The number of ketones is 3. The third kappa shape index (κ3) is 2.68. The van der Waals surface area contributed by atoms with Gasteiger partial charge in [-0.3, -0.25) is 14.4 Å². The second-order valence-corrected chi connectivity index (χ2v) is 10.4. The number of benzene rings is 3. The Morgan fingerprint density at radius 1 is 0.971 bits per heavy atom. The van der Waals surface area contributed by atoms with Gasteiger partial charge >= 0.3 is 0 Å². The van der Waals surface area contributed by atoms with Crippen molar-refractivity contribution < 1.29 is 14.4 Å². The Kier molecular flexibility index (Phi) is 4.74. The molecule has 3 atom stereocenters. The minimum absolute atomic E-state index is 0.0949. The average Bonchev–Trinajstić information content (AvgIpc) is 3.26. The van der Waals surface area contributed by atoms with E-state index in [2.05, 4.69) is 15.9 Å². The molecular weight excluding hydrogens is 514 g/mol. The predicted octanol–water partition coefficient (Wildman–Crippen LogP) is 6.12. The second kappa shape index (κ2) is 7.49. The minimum atomic E-state index is -1.44. The molecule has 1 aliphatic carbocycles. The van der Waals surface area contributed by atoms with Crippen molar-refractivity contribution in [1.29, 1.82) is 0 Å². The zero-order valence-electron chi connectivity index (χ0n) is 18.2. The van der Waals surface area contributed by atoms with Gasteiger partial charge in [0.2, 0.25) is 0 Å². The van der Waals surface area contributed by atoms with E-state index in [0.29, 0.717) is 16.1 Å². The summed E-state index contributed by atoms with van der Waals surface area (Å²) in [6, 6.07) is 18.8. The molecule has 0 amide bonds. The number of Topliss-reactive ketones (excluding diaryl/α,β-unsaturated/α-hetero) is 3. The largest absolute Gasteiger partial charge is 0.352 e. The van der Waals surface area contributed by atoms with E-state index in [4.69, 9.17) is 11.6 Å². The molecule has 0 aromatic heterocycles. The van der Waals surface area contributed by atoms with E-state index >= 15 is 0 Å². The molecule has 1 fully saturated rings. The second-order valence-electron chi connectivity index (χ2n) is 9.07. The Morgan fingerprint density at radius 2 is 1.62 bits per heavy atom. The van der Waals surface area contributed by atoms with Gasteiger partial charge in [-0.25, -0.2) is 0 Å². The van der Waals surface area contributed by atoms with Crippen LogP contribution < -0.4 is 4.90 Å². The number of carbonyl (C=O) groups is 3. The molecule has 3 aromatic carbocycles. The highest BCUT2D eigenvalue weighted by Gasteiger charge is 2.71. The summed E-state index contributed by atoms with van der Waals surface area (Å²) in [4.78, 5) is 43.8. The summed E-state index contributed by atoms with van der Waals surface area (Å²) in [5.41, 5.74) is 1.85. The van der Waals surface area contributed by atoms with Crippen LogP contribution in [-0.2, 0) is 4.79 Å². The zero-order chi connectivity index (χ0) is 23.8. The molecule has 3 aliphatic rings. The fourth-order valence-electron chi connectivity index (χ4n) is 6.14. The molecule has 6 heteroatoms. The van der Waals surface area contributed by atoms with E-state index in [1.165, 1.54) is 6.92 Å². The first-order chi connectivity index (χ1) is 16.4. The molecule has 0 N–H and O–H groups in total. The predicted molar refractivity (Wildman–Crippen MR) is 136 cm³/mol. The lowest BCUT2D eigenvalue weighted by Gasteiger charge is -2.37. The lowest BCUT2D eigenvalue weighted by atomic mass is 9.64. The molecule has 3 aromatic rings. The van der Waals surface area contributed by atoms with Crippen molar-refractivity contribution in [2.45, 2.75) is 24.9 Å². The van der Waals surface area contributed by atoms with E-state index in [-0.39, 0.29) is 17.3 Å². The fourth-order valence-corrected chi connectivity index (χ4v) is 6.59. The number of rotatable bonds is 2. The molecule has 4 nitrogen and oxygen atoms in total. The maximum atomic E-state index is 14.2. The Hall–Kier alpha value is -3.02. The zero-order valence-corrected chi connectivity index (χ0v) is 20.5. The highest BCUT2D eigenvalue weighted by molar-refractivity contribution is 9.10. The summed E-state index contributed by atoms with van der Waals surface area (Å²) in [7, 11) is 0. The van der Waals surface area contributed by atoms with Crippen molar-refractivity contribution in [2.24, 2.45) is 5.41 Å². The van der Waals surface area contributed by atoms with Gasteiger partial charge in [0.1, 0.15) is 5.41 Å². The normalized spacial score (nSPS) is 23.7. The Balaban J connectivity index is 1.68. The van der Waals surface area contributed by atoms with Gasteiger partial charge in [0.05, 0.1) is 12.1 Å². The average molecular weight is 533 g/mol. The van der Waals surface area contributed by atoms with Gasteiger partial charge in [0.25, 0.3) is 0 Å². The Labute approximate surface area is 210 Å². The highest BCUT2D eigenvalue weighted by Crippen LogP contribution is 2.60. The van der Waals surface area contributed by atoms with Crippen molar-refractivity contribution in [1.82, 2.24) is 0 Å². The molecule has 0 bridgehead atoms. The van der Waals surface area contributed by atoms with Crippen LogP contribution in [0.25, 0.3) is 6.08 Å². The molecule has 2 aliphatic heterocycles. The number of hydrogen-bond acceptors (Lipinski definition) is 4. The van der Waals surface area contributed by atoms with Crippen molar-refractivity contribution >= 4 is 56.6 Å². The van der Waals surface area contributed by atoms with Crippen molar-refractivity contribution in [3.63, 3.8) is 0 Å².